The molecule has 1 unspecified atom stereocenters. The monoisotopic (exact) mass is 236 g/mol. The Bertz CT molecular complexity index is 409. The quantitative estimate of drug-likeness (QED) is 0.755. The van der Waals surface area contributed by atoms with E-state index in [0.717, 1.165) is 30.1 Å². The Morgan fingerprint density at radius 1 is 1.71 bits per heavy atom. The van der Waals surface area contributed by atoms with Gasteiger partial charge in [0.15, 0.2) is 0 Å². The van der Waals surface area contributed by atoms with Crippen molar-refractivity contribution in [1.29, 1.82) is 0 Å². The molecular formula is C12H20N4O. The minimum atomic E-state index is -0.403. The summed E-state index contributed by atoms with van der Waals surface area (Å²) in [5, 5.41) is 7.60. The van der Waals surface area contributed by atoms with Gasteiger partial charge >= 0.3 is 0 Å². The average molecular weight is 236 g/mol. The van der Waals surface area contributed by atoms with Gasteiger partial charge in [-0.15, -0.1) is 0 Å². The summed E-state index contributed by atoms with van der Waals surface area (Å²) >= 11 is 0. The molecule has 1 aliphatic rings. The maximum atomic E-state index is 11.5. The highest BCUT2D eigenvalue weighted by Crippen LogP contribution is 2.29. The molecule has 1 amide bonds. The zero-order valence-corrected chi connectivity index (χ0v) is 10.4. The van der Waals surface area contributed by atoms with Gasteiger partial charge in [-0.1, -0.05) is 6.92 Å². The summed E-state index contributed by atoms with van der Waals surface area (Å²) in [6.45, 7) is 2.90. The summed E-state index contributed by atoms with van der Waals surface area (Å²) < 4.78 is 1.74. The molecule has 1 saturated carbocycles. The molecule has 0 saturated heterocycles. The smallest absolute Gasteiger partial charge is 0.239 e. The number of aryl methyl sites for hydroxylation is 2. The zero-order chi connectivity index (χ0) is 12.4. The highest BCUT2D eigenvalue weighted by Gasteiger charge is 2.27. The first-order valence-electron chi connectivity index (χ1n) is 6.17. The van der Waals surface area contributed by atoms with Crippen LogP contribution in [0, 0.1) is 5.92 Å². The molecular weight excluding hydrogens is 216 g/mol. The lowest BCUT2D eigenvalue weighted by Gasteiger charge is -2.14. The molecule has 0 spiro atoms. The number of primary amides is 1. The van der Waals surface area contributed by atoms with Gasteiger partial charge in [0.2, 0.25) is 5.91 Å². The van der Waals surface area contributed by atoms with Crippen LogP contribution in [0.25, 0.3) is 0 Å². The third-order valence-corrected chi connectivity index (χ3v) is 3.18. The van der Waals surface area contributed by atoms with Gasteiger partial charge < -0.3 is 11.1 Å². The molecule has 17 heavy (non-hydrogen) atoms. The second-order valence-corrected chi connectivity index (χ2v) is 4.75. The normalized spacial score (nSPS) is 17.1. The largest absolute Gasteiger partial charge is 0.368 e. The van der Waals surface area contributed by atoms with Crippen molar-refractivity contribution >= 4 is 5.91 Å². The van der Waals surface area contributed by atoms with E-state index in [4.69, 9.17) is 5.73 Å². The molecule has 1 aliphatic carbocycles. The summed E-state index contributed by atoms with van der Waals surface area (Å²) in [4.78, 5) is 11.5. The number of hydrogen-bond acceptors (Lipinski definition) is 3. The van der Waals surface area contributed by atoms with Crippen molar-refractivity contribution in [2.24, 2.45) is 18.7 Å². The summed E-state index contributed by atoms with van der Waals surface area (Å²) in [6.07, 6.45) is 5.21. The van der Waals surface area contributed by atoms with Crippen molar-refractivity contribution in [3.8, 4) is 0 Å². The predicted octanol–water partition coefficient (Wildman–Crippen LogP) is 0.508. The van der Waals surface area contributed by atoms with Crippen molar-refractivity contribution in [3.63, 3.8) is 0 Å². The third-order valence-electron chi connectivity index (χ3n) is 3.18. The fourth-order valence-electron chi connectivity index (χ4n) is 2.04. The number of rotatable bonds is 6. The average Bonchev–Trinajstić information content (AvgIpc) is 3.01. The van der Waals surface area contributed by atoms with Crippen LogP contribution in [-0.2, 0) is 18.3 Å². The van der Waals surface area contributed by atoms with Crippen molar-refractivity contribution < 1.29 is 4.79 Å². The summed E-state index contributed by atoms with van der Waals surface area (Å²) in [5.74, 6) is 0.395. The molecule has 1 heterocycles. The van der Waals surface area contributed by atoms with E-state index in [0.29, 0.717) is 0 Å². The maximum Gasteiger partial charge on any atom is 0.239 e. The number of carbonyl (C=O) groups excluding carboxylic acids is 1. The van der Waals surface area contributed by atoms with Gasteiger partial charge in [-0.3, -0.25) is 9.48 Å². The molecule has 0 aliphatic heterocycles. The highest BCUT2D eigenvalue weighted by atomic mass is 16.1. The van der Waals surface area contributed by atoms with Crippen molar-refractivity contribution in [2.45, 2.75) is 32.2 Å². The van der Waals surface area contributed by atoms with Crippen LogP contribution in [0.1, 0.15) is 37.1 Å². The molecule has 3 N–H and O–H groups in total. The second kappa shape index (κ2) is 4.87. The lowest BCUT2D eigenvalue weighted by atomic mass is 10.1. The first-order chi connectivity index (χ1) is 8.11. The minimum absolute atomic E-state index is 0.326. The molecule has 1 atom stereocenters. The van der Waals surface area contributed by atoms with Crippen molar-refractivity contribution in [1.82, 2.24) is 15.1 Å². The Morgan fingerprint density at radius 2 is 2.41 bits per heavy atom. The molecule has 5 heteroatoms. The maximum absolute atomic E-state index is 11.5. The van der Waals surface area contributed by atoms with E-state index in [9.17, 15) is 4.79 Å². The Morgan fingerprint density at radius 3 is 2.94 bits per heavy atom. The van der Waals surface area contributed by atoms with E-state index in [1.807, 2.05) is 20.2 Å². The molecule has 2 rings (SSSR count). The number of aromatic nitrogens is 2. The van der Waals surface area contributed by atoms with Gasteiger partial charge in [0.25, 0.3) is 0 Å². The third kappa shape index (κ3) is 2.85. The molecule has 1 aromatic heterocycles. The van der Waals surface area contributed by atoms with E-state index in [1.54, 1.807) is 4.68 Å². The van der Waals surface area contributed by atoms with Crippen LogP contribution in [0.5, 0.6) is 0 Å². The van der Waals surface area contributed by atoms with Crippen LogP contribution in [0.15, 0.2) is 6.20 Å². The highest BCUT2D eigenvalue weighted by molar-refractivity contribution is 5.81. The van der Waals surface area contributed by atoms with Crippen LogP contribution < -0.4 is 11.1 Å². The van der Waals surface area contributed by atoms with E-state index in [2.05, 4.69) is 10.4 Å². The van der Waals surface area contributed by atoms with Gasteiger partial charge in [0.05, 0.1) is 5.69 Å². The van der Waals surface area contributed by atoms with E-state index in [1.165, 1.54) is 12.8 Å². The Hall–Kier alpha value is -1.36. The number of nitrogens with zero attached hydrogens (tertiary/aromatic N) is 2. The summed E-state index contributed by atoms with van der Waals surface area (Å²) in [5.41, 5.74) is 7.33. The molecule has 0 aromatic carbocycles. The Kier molecular flexibility index (Phi) is 3.47. The number of hydrogen-bond donors (Lipinski definition) is 2. The minimum Gasteiger partial charge on any atom is -0.368 e. The Labute approximate surface area is 101 Å². The van der Waals surface area contributed by atoms with Crippen molar-refractivity contribution in [3.05, 3.63) is 17.5 Å². The van der Waals surface area contributed by atoms with Gasteiger partial charge in [0.1, 0.15) is 6.04 Å². The topological polar surface area (TPSA) is 72.9 Å². The fourth-order valence-corrected chi connectivity index (χ4v) is 2.04. The summed E-state index contributed by atoms with van der Waals surface area (Å²) in [7, 11) is 1.86. The lowest BCUT2D eigenvalue weighted by Crippen LogP contribution is -2.35. The van der Waals surface area contributed by atoms with Crippen LogP contribution in [-0.4, -0.2) is 22.2 Å². The van der Waals surface area contributed by atoms with Crippen LogP contribution in [0.2, 0.25) is 0 Å². The molecule has 1 aromatic rings. The first-order valence-corrected chi connectivity index (χ1v) is 6.17. The molecule has 0 bridgehead atoms. The first kappa shape index (κ1) is 12.1. The van der Waals surface area contributed by atoms with Gasteiger partial charge in [0, 0.05) is 18.8 Å². The van der Waals surface area contributed by atoms with Crippen LogP contribution >= 0.6 is 0 Å². The summed E-state index contributed by atoms with van der Waals surface area (Å²) in [6, 6.07) is -0.403. The van der Waals surface area contributed by atoms with Crippen molar-refractivity contribution in [2.75, 3.05) is 6.54 Å². The number of amides is 1. The van der Waals surface area contributed by atoms with E-state index < -0.39 is 6.04 Å². The van der Waals surface area contributed by atoms with E-state index in [-0.39, 0.29) is 5.91 Å². The van der Waals surface area contributed by atoms with Crippen LogP contribution in [0.4, 0.5) is 0 Å². The lowest BCUT2D eigenvalue weighted by molar-refractivity contribution is -0.120. The predicted molar refractivity (Wildman–Crippen MR) is 65.2 cm³/mol. The zero-order valence-electron chi connectivity index (χ0n) is 10.4. The fraction of sp³-hybridized carbons (Fsp3) is 0.667. The Balaban J connectivity index is 2.14. The number of nitrogens with one attached hydrogen (secondary N) is 1. The molecule has 5 nitrogen and oxygen atoms in total. The van der Waals surface area contributed by atoms with Crippen LogP contribution in [0.3, 0.4) is 0 Å². The van der Waals surface area contributed by atoms with Gasteiger partial charge in [-0.05, 0) is 31.7 Å². The van der Waals surface area contributed by atoms with E-state index >= 15 is 0 Å². The standard InChI is InChI=1S/C12H20N4O/c1-3-10-9(7-16(2)15-10)11(12(13)17)14-6-8-4-5-8/h7-8,11,14H,3-6H2,1-2H3,(H2,13,17). The van der Waals surface area contributed by atoms with Gasteiger partial charge in [-0.2, -0.15) is 5.10 Å². The van der Waals surface area contributed by atoms with Gasteiger partial charge in [-0.25, -0.2) is 0 Å². The second-order valence-electron chi connectivity index (χ2n) is 4.75. The number of nitrogens with two attached hydrogens (primary N) is 1. The SMILES string of the molecule is CCc1nn(C)cc1C(NCC1CC1)C(N)=O. The molecule has 0 radical (unpaired) electrons. The molecule has 94 valence electrons. The molecule has 1 fully saturated rings. The number of carbonyl (C=O) groups is 1.